The lowest BCUT2D eigenvalue weighted by Gasteiger charge is -2.31. The van der Waals surface area contributed by atoms with Gasteiger partial charge < -0.3 is 10.2 Å². The van der Waals surface area contributed by atoms with E-state index in [1.165, 1.54) is 6.08 Å². The van der Waals surface area contributed by atoms with Gasteiger partial charge in [0.1, 0.15) is 0 Å². The number of para-hydroxylation sites is 1. The summed E-state index contributed by atoms with van der Waals surface area (Å²) in [4.78, 5) is 14.4. The zero-order valence-electron chi connectivity index (χ0n) is 11.1. The molecule has 1 aliphatic heterocycles. The topological polar surface area (TPSA) is 69.9 Å². The van der Waals surface area contributed by atoms with E-state index in [0.717, 1.165) is 10.6 Å². The molecule has 0 aliphatic carbocycles. The number of rotatable bonds is 1. The van der Waals surface area contributed by atoms with E-state index in [0.29, 0.717) is 0 Å². The van der Waals surface area contributed by atoms with Crippen molar-refractivity contribution in [2.75, 3.05) is 0 Å². The van der Waals surface area contributed by atoms with Crippen LogP contribution in [0.3, 0.4) is 0 Å². The molecular weight excluding hydrogens is 230 g/mol. The maximum absolute atomic E-state index is 10.7. The molecule has 0 saturated carbocycles. The predicted molar refractivity (Wildman–Crippen MR) is 69.3 cm³/mol. The predicted octanol–water partition coefficient (Wildman–Crippen LogP) is 0.155. The van der Waals surface area contributed by atoms with Crippen LogP contribution in [0.4, 0.5) is 0 Å². The number of fused-ring (bicyclic) bond motifs is 1. The molecule has 0 fully saturated rings. The van der Waals surface area contributed by atoms with Crippen LogP contribution in [0.5, 0.6) is 0 Å². The molecule has 1 heterocycles. The first-order valence-corrected chi connectivity index (χ1v) is 5.75. The lowest BCUT2D eigenvalue weighted by Crippen LogP contribution is -2.44. The van der Waals surface area contributed by atoms with Crippen LogP contribution in [0.15, 0.2) is 29.3 Å². The molecule has 4 nitrogen and oxygen atoms in total. The third kappa shape index (κ3) is 3.75. The van der Waals surface area contributed by atoms with Crippen molar-refractivity contribution in [1.82, 2.24) is 0 Å². The number of carbonyl (C=O) groups excluding carboxylic acids is 1. The quantitative estimate of drug-likeness (QED) is 0.744. The molecule has 4 heteroatoms. The summed E-state index contributed by atoms with van der Waals surface area (Å²) in [7, 11) is 0. The molecule has 0 saturated heterocycles. The first-order valence-electron chi connectivity index (χ1n) is 5.75. The van der Waals surface area contributed by atoms with Gasteiger partial charge in [-0.1, -0.05) is 18.2 Å². The number of carbonyl (C=O) groups is 1. The highest BCUT2D eigenvalue weighted by atomic mass is 16.3. The molecule has 0 atom stereocenters. The van der Waals surface area contributed by atoms with Crippen molar-refractivity contribution in [3.8, 4) is 0 Å². The Balaban J connectivity index is 0.000000187. The zero-order chi connectivity index (χ0) is 14.0. The van der Waals surface area contributed by atoms with Gasteiger partial charge in [-0.25, -0.2) is 4.99 Å². The van der Waals surface area contributed by atoms with Gasteiger partial charge in [-0.05, 0) is 33.8 Å². The molecule has 1 aromatic rings. The number of amides is 1. The van der Waals surface area contributed by atoms with Gasteiger partial charge in [-0.3, -0.25) is 4.79 Å². The van der Waals surface area contributed by atoms with E-state index in [1.807, 2.05) is 24.3 Å². The number of aliphatic hydroxyl groups is 2. The highest BCUT2D eigenvalue weighted by Gasteiger charge is 2.31. The average Bonchev–Trinajstić information content (AvgIpc) is 2.55. The van der Waals surface area contributed by atoms with Crippen LogP contribution in [0, 0.1) is 0 Å². The molecule has 1 aromatic carbocycles. The Morgan fingerprint density at radius 2 is 1.50 bits per heavy atom. The minimum Gasteiger partial charge on any atom is -0.387 e. The van der Waals surface area contributed by atoms with Crippen molar-refractivity contribution in [2.24, 2.45) is 4.99 Å². The Kier molecular flexibility index (Phi) is 4.04. The van der Waals surface area contributed by atoms with Crippen molar-refractivity contribution in [3.05, 3.63) is 34.8 Å². The van der Waals surface area contributed by atoms with Gasteiger partial charge in [-0.2, -0.15) is 0 Å². The third-order valence-corrected chi connectivity index (χ3v) is 2.94. The monoisotopic (exact) mass is 249 g/mol. The molecule has 0 spiro atoms. The van der Waals surface area contributed by atoms with Crippen molar-refractivity contribution in [1.29, 1.82) is 0 Å². The van der Waals surface area contributed by atoms with E-state index >= 15 is 0 Å². The van der Waals surface area contributed by atoms with Crippen LogP contribution in [-0.4, -0.2) is 27.3 Å². The fourth-order valence-electron chi connectivity index (χ4n) is 0.995. The van der Waals surface area contributed by atoms with Gasteiger partial charge in [-0.15, -0.1) is 0 Å². The minimum absolute atomic E-state index is 0.152. The zero-order valence-corrected chi connectivity index (χ0v) is 11.1. The van der Waals surface area contributed by atoms with Gasteiger partial charge in [0.15, 0.2) is 0 Å². The normalized spacial score (nSPS) is 14.0. The van der Waals surface area contributed by atoms with E-state index in [9.17, 15) is 4.79 Å². The first kappa shape index (κ1) is 14.5. The molecule has 0 bridgehead atoms. The van der Waals surface area contributed by atoms with Crippen molar-refractivity contribution in [3.63, 3.8) is 0 Å². The second kappa shape index (κ2) is 5.00. The molecule has 98 valence electrons. The van der Waals surface area contributed by atoms with E-state index in [2.05, 4.69) is 4.99 Å². The number of hydrogen-bond acceptors (Lipinski definition) is 3. The fraction of sp³-hybridized carbons (Fsp3) is 0.429. The summed E-state index contributed by atoms with van der Waals surface area (Å²) < 4.78 is 0. The standard InChI is InChI=1S/C8H5NO.C6H14O2/c10-8-5-6-3-1-2-4-7(6)9-8;1-5(2,7)6(3,4)8/h1-5H;7-8H,1-4H3. The van der Waals surface area contributed by atoms with Crippen molar-refractivity contribution >= 4 is 12.0 Å². The highest BCUT2D eigenvalue weighted by Crippen LogP contribution is 2.19. The van der Waals surface area contributed by atoms with Gasteiger partial charge in [0.05, 0.1) is 16.6 Å². The molecular formula is C14H19NO3. The third-order valence-electron chi connectivity index (χ3n) is 2.94. The summed E-state index contributed by atoms with van der Waals surface area (Å²) in [6.45, 7) is 6.31. The smallest absolute Gasteiger partial charge is 0.270 e. The Morgan fingerprint density at radius 1 is 1.00 bits per heavy atom. The number of nitrogens with zero attached hydrogens (tertiary/aromatic N) is 1. The van der Waals surface area contributed by atoms with Crippen LogP contribution >= 0.6 is 0 Å². The molecule has 1 amide bonds. The molecule has 2 rings (SSSR count). The summed E-state index contributed by atoms with van der Waals surface area (Å²) in [6, 6.07) is 7.47. The maximum atomic E-state index is 10.7. The van der Waals surface area contributed by atoms with Crippen molar-refractivity contribution < 1.29 is 15.0 Å². The van der Waals surface area contributed by atoms with E-state index in [1.54, 1.807) is 27.7 Å². The Hall–Kier alpha value is -1.52. The second-order valence-electron chi connectivity index (χ2n) is 5.27. The SMILES string of the molecule is CC(C)(O)C(C)(C)O.O=C1C=c2ccccc2=N1. The summed E-state index contributed by atoms with van der Waals surface area (Å²) >= 11 is 0. The first-order chi connectivity index (χ1) is 8.11. The maximum Gasteiger partial charge on any atom is 0.270 e. The Bertz CT molecular complexity index is 499. The van der Waals surface area contributed by atoms with Gasteiger partial charge >= 0.3 is 0 Å². The van der Waals surface area contributed by atoms with Crippen LogP contribution in [0.2, 0.25) is 0 Å². The van der Waals surface area contributed by atoms with Crippen LogP contribution in [0.1, 0.15) is 27.7 Å². The number of benzene rings is 1. The summed E-state index contributed by atoms with van der Waals surface area (Å²) in [5.41, 5.74) is -2.01. The van der Waals surface area contributed by atoms with Gasteiger partial charge in [0.25, 0.3) is 5.91 Å². The second-order valence-corrected chi connectivity index (χ2v) is 5.27. The summed E-state index contributed by atoms with van der Waals surface area (Å²) in [5, 5.41) is 19.9. The fourth-order valence-corrected chi connectivity index (χ4v) is 0.995. The lowest BCUT2D eigenvalue weighted by atomic mass is 9.90. The van der Waals surface area contributed by atoms with E-state index in [-0.39, 0.29) is 5.91 Å². The highest BCUT2D eigenvalue weighted by molar-refractivity contribution is 6.06. The van der Waals surface area contributed by atoms with Gasteiger partial charge in [0.2, 0.25) is 0 Å². The molecule has 0 aromatic heterocycles. The van der Waals surface area contributed by atoms with Crippen LogP contribution in [0.25, 0.3) is 6.08 Å². The van der Waals surface area contributed by atoms with E-state index < -0.39 is 11.2 Å². The van der Waals surface area contributed by atoms with Crippen molar-refractivity contribution in [2.45, 2.75) is 38.9 Å². The Morgan fingerprint density at radius 3 is 1.94 bits per heavy atom. The Labute approximate surface area is 106 Å². The van der Waals surface area contributed by atoms with E-state index in [4.69, 9.17) is 10.2 Å². The number of hydrogen-bond donors (Lipinski definition) is 2. The van der Waals surface area contributed by atoms with Crippen LogP contribution in [-0.2, 0) is 4.79 Å². The minimum atomic E-state index is -1.01. The molecule has 0 unspecified atom stereocenters. The summed E-state index contributed by atoms with van der Waals surface area (Å²) in [6.07, 6.45) is 1.54. The average molecular weight is 249 g/mol. The molecule has 0 radical (unpaired) electrons. The lowest BCUT2D eigenvalue weighted by molar-refractivity contribution is -0.112. The summed E-state index contributed by atoms with van der Waals surface area (Å²) in [5.74, 6) is -0.152. The van der Waals surface area contributed by atoms with Gasteiger partial charge in [0, 0.05) is 11.3 Å². The molecule has 18 heavy (non-hydrogen) atoms. The molecule has 1 aliphatic rings. The largest absolute Gasteiger partial charge is 0.387 e. The molecule has 2 N–H and O–H groups in total. The van der Waals surface area contributed by atoms with Crippen LogP contribution < -0.4 is 10.6 Å².